The van der Waals surface area contributed by atoms with Crippen molar-refractivity contribution in [2.24, 2.45) is 0 Å². The van der Waals surface area contributed by atoms with Crippen LogP contribution in [-0.2, 0) is 4.79 Å². The third kappa shape index (κ3) is 2.82. The Hall–Kier alpha value is -2.35. The van der Waals surface area contributed by atoms with Crippen molar-refractivity contribution in [3.63, 3.8) is 0 Å². The van der Waals surface area contributed by atoms with E-state index >= 15 is 0 Å². The fraction of sp³-hybridized carbons (Fsp3) is 0. The number of nitrogens with one attached hydrogen (secondary N) is 3. The number of benzene rings is 1. The fourth-order valence-electron chi connectivity index (χ4n) is 1.98. The van der Waals surface area contributed by atoms with E-state index in [-0.39, 0.29) is 11.0 Å². The van der Waals surface area contributed by atoms with Gasteiger partial charge in [0.25, 0.3) is 5.91 Å². The lowest BCUT2D eigenvalue weighted by atomic mass is 10.1. The summed E-state index contributed by atoms with van der Waals surface area (Å²) < 4.78 is 5.66. The highest BCUT2D eigenvalue weighted by Gasteiger charge is 2.20. The van der Waals surface area contributed by atoms with Crippen molar-refractivity contribution in [1.82, 2.24) is 10.6 Å². The minimum atomic E-state index is -0.306. The second-order valence-corrected chi connectivity index (χ2v) is 5.29. The normalized spacial score (nSPS) is 15.8. The van der Waals surface area contributed by atoms with Crippen LogP contribution in [0.3, 0.4) is 0 Å². The Balaban J connectivity index is 1.90. The number of carbonyl (C=O) groups is 1. The second kappa shape index (κ2) is 5.80. The first-order valence-corrected chi connectivity index (χ1v) is 6.99. The minimum Gasteiger partial charge on any atom is -0.457 e. The zero-order valence-electron chi connectivity index (χ0n) is 11.0. The van der Waals surface area contributed by atoms with Crippen molar-refractivity contribution in [1.29, 1.82) is 0 Å². The lowest BCUT2D eigenvalue weighted by Gasteiger charge is -2.03. The van der Waals surface area contributed by atoms with Gasteiger partial charge in [0.15, 0.2) is 5.11 Å². The molecule has 1 aliphatic heterocycles. The topological polar surface area (TPSA) is 86.5 Å². The molecule has 1 aromatic heterocycles. The highest BCUT2D eigenvalue weighted by Crippen LogP contribution is 2.32. The van der Waals surface area contributed by atoms with Gasteiger partial charge in [0, 0.05) is 11.6 Å². The van der Waals surface area contributed by atoms with E-state index < -0.39 is 0 Å². The van der Waals surface area contributed by atoms with Gasteiger partial charge in [-0.3, -0.25) is 20.8 Å². The van der Waals surface area contributed by atoms with Crippen LogP contribution in [0.4, 0.5) is 5.69 Å². The van der Waals surface area contributed by atoms with Gasteiger partial charge in [0.2, 0.25) is 0 Å². The molecule has 2 aromatic rings. The summed E-state index contributed by atoms with van der Waals surface area (Å²) in [6.45, 7) is 0. The highest BCUT2D eigenvalue weighted by molar-refractivity contribution is 7.80. The van der Waals surface area contributed by atoms with Crippen LogP contribution in [0.2, 0.25) is 5.02 Å². The lowest BCUT2D eigenvalue weighted by molar-refractivity contribution is -0.115. The maximum absolute atomic E-state index is 11.6. The van der Waals surface area contributed by atoms with Gasteiger partial charge in [0.1, 0.15) is 17.2 Å². The second-order valence-electron chi connectivity index (χ2n) is 4.47. The van der Waals surface area contributed by atoms with Gasteiger partial charge in [-0.25, -0.2) is 0 Å². The number of carbonyl (C=O) groups excluding carboxylic acids is 1. The van der Waals surface area contributed by atoms with E-state index in [9.17, 15) is 4.79 Å². The van der Waals surface area contributed by atoms with Crippen molar-refractivity contribution >= 4 is 46.6 Å². The van der Waals surface area contributed by atoms with E-state index in [2.05, 4.69) is 10.6 Å². The summed E-state index contributed by atoms with van der Waals surface area (Å²) in [6, 6.07) is 8.40. The van der Waals surface area contributed by atoms with Crippen molar-refractivity contribution in [3.8, 4) is 11.3 Å². The molecule has 1 amide bonds. The molecule has 0 atom stereocenters. The Morgan fingerprint density at radius 2 is 2.09 bits per heavy atom. The lowest BCUT2D eigenvalue weighted by Crippen LogP contribution is -2.21. The van der Waals surface area contributed by atoms with E-state index in [0.717, 1.165) is 0 Å². The predicted molar refractivity (Wildman–Crippen MR) is 86.4 cm³/mol. The molecule has 22 heavy (non-hydrogen) atoms. The molecular weight excluding hydrogens is 326 g/mol. The van der Waals surface area contributed by atoms with E-state index in [1.165, 1.54) is 0 Å². The van der Waals surface area contributed by atoms with Crippen molar-refractivity contribution < 1.29 is 14.4 Å². The van der Waals surface area contributed by atoms with Crippen molar-refractivity contribution in [2.75, 3.05) is 5.48 Å². The Labute approximate surface area is 135 Å². The number of hydrogen-bond acceptors (Lipinski definition) is 5. The molecule has 1 aliphatic rings. The van der Waals surface area contributed by atoms with Gasteiger partial charge in [0.05, 0.1) is 10.7 Å². The van der Waals surface area contributed by atoms with Gasteiger partial charge in [-0.1, -0.05) is 11.6 Å². The Morgan fingerprint density at radius 1 is 1.27 bits per heavy atom. The molecule has 0 saturated carbocycles. The first-order valence-electron chi connectivity index (χ1n) is 6.21. The van der Waals surface area contributed by atoms with E-state index in [4.69, 9.17) is 33.4 Å². The van der Waals surface area contributed by atoms with Gasteiger partial charge in [-0.05, 0) is 42.5 Å². The van der Waals surface area contributed by atoms with Gasteiger partial charge >= 0.3 is 0 Å². The number of thiocarbonyl (C=S) groups is 1. The summed E-state index contributed by atoms with van der Waals surface area (Å²) in [5.74, 6) is 0.722. The SMILES string of the molecule is O=C1NC(=S)N/C1=C/c1ccc(-c2ccc(NO)cc2Cl)o1. The fourth-order valence-corrected chi connectivity index (χ4v) is 2.46. The minimum absolute atomic E-state index is 0.262. The van der Waals surface area contributed by atoms with Crippen molar-refractivity contribution in [2.45, 2.75) is 0 Å². The largest absolute Gasteiger partial charge is 0.457 e. The van der Waals surface area contributed by atoms with Crippen molar-refractivity contribution in [3.05, 3.63) is 46.8 Å². The number of hydrogen-bond donors (Lipinski definition) is 4. The van der Waals surface area contributed by atoms with Crippen LogP contribution in [0.5, 0.6) is 0 Å². The molecule has 4 N–H and O–H groups in total. The molecule has 1 saturated heterocycles. The molecule has 0 bridgehead atoms. The molecule has 1 fully saturated rings. The molecule has 0 unspecified atom stereocenters. The first kappa shape index (κ1) is 14.6. The summed E-state index contributed by atoms with van der Waals surface area (Å²) in [4.78, 5) is 11.6. The quantitative estimate of drug-likeness (QED) is 0.392. The van der Waals surface area contributed by atoms with Crippen LogP contribution in [0.15, 0.2) is 40.4 Å². The molecule has 112 valence electrons. The summed E-state index contributed by atoms with van der Waals surface area (Å²) in [6.07, 6.45) is 1.55. The maximum Gasteiger partial charge on any atom is 0.274 e. The molecule has 1 aromatic carbocycles. The molecule has 6 nitrogen and oxygen atoms in total. The third-order valence-electron chi connectivity index (χ3n) is 3.00. The van der Waals surface area contributed by atoms with E-state index in [0.29, 0.717) is 33.5 Å². The Morgan fingerprint density at radius 3 is 2.73 bits per heavy atom. The monoisotopic (exact) mass is 335 g/mol. The van der Waals surface area contributed by atoms with Gasteiger partial charge < -0.3 is 9.73 Å². The number of rotatable bonds is 3. The average molecular weight is 336 g/mol. The summed E-state index contributed by atoms with van der Waals surface area (Å²) >= 11 is 11.0. The molecule has 0 radical (unpaired) electrons. The van der Waals surface area contributed by atoms with Crippen LogP contribution in [0.25, 0.3) is 17.4 Å². The zero-order valence-corrected chi connectivity index (χ0v) is 12.6. The third-order valence-corrected chi connectivity index (χ3v) is 3.51. The van der Waals surface area contributed by atoms with Gasteiger partial charge in [-0.15, -0.1) is 0 Å². The summed E-state index contributed by atoms with van der Waals surface area (Å²) in [7, 11) is 0. The summed E-state index contributed by atoms with van der Waals surface area (Å²) in [5.41, 5.74) is 3.48. The maximum atomic E-state index is 11.6. The van der Waals surface area contributed by atoms with Crippen LogP contribution in [0.1, 0.15) is 5.76 Å². The Bertz CT molecular complexity index is 800. The molecule has 0 aliphatic carbocycles. The Kier molecular flexibility index (Phi) is 3.84. The molecule has 2 heterocycles. The summed E-state index contributed by atoms with van der Waals surface area (Å²) in [5, 5.41) is 14.7. The molecule has 3 rings (SSSR count). The smallest absolute Gasteiger partial charge is 0.274 e. The van der Waals surface area contributed by atoms with Gasteiger partial charge in [-0.2, -0.15) is 0 Å². The van der Waals surface area contributed by atoms with E-state index in [1.807, 2.05) is 5.48 Å². The number of amides is 1. The average Bonchev–Trinajstić information content (AvgIpc) is 3.06. The molecule has 8 heteroatoms. The van der Waals surface area contributed by atoms with E-state index in [1.54, 1.807) is 36.4 Å². The van der Waals surface area contributed by atoms with Crippen LogP contribution >= 0.6 is 23.8 Å². The van der Waals surface area contributed by atoms with Crippen LogP contribution in [0, 0.1) is 0 Å². The standard InChI is InChI=1S/C14H10ClN3O3S/c15-10-5-7(18-20)1-3-9(10)12-4-2-8(21-12)6-11-13(19)17-14(22)16-11/h1-6,18,20H,(H2,16,17,19,22)/b11-6+. The molecule has 0 spiro atoms. The predicted octanol–water partition coefficient (Wildman–Crippen LogP) is 2.75. The van der Waals surface area contributed by atoms with Crippen LogP contribution in [-0.4, -0.2) is 16.2 Å². The van der Waals surface area contributed by atoms with Crippen LogP contribution < -0.4 is 16.1 Å². The number of anilines is 1. The number of furan rings is 1. The molecular formula is C14H10ClN3O3S. The highest BCUT2D eigenvalue weighted by atomic mass is 35.5. The zero-order chi connectivity index (χ0) is 15.7. The first-order chi connectivity index (χ1) is 10.6. The number of halogens is 1.